The van der Waals surface area contributed by atoms with Gasteiger partial charge in [0.2, 0.25) is 0 Å². The van der Waals surface area contributed by atoms with Crippen LogP contribution in [-0.4, -0.2) is 36.5 Å². The van der Waals surface area contributed by atoms with Crippen molar-refractivity contribution in [2.24, 2.45) is 11.3 Å². The molecule has 0 aromatic carbocycles. The Morgan fingerprint density at radius 1 is 1.36 bits per heavy atom. The molecule has 0 bridgehead atoms. The van der Waals surface area contributed by atoms with E-state index in [0.717, 1.165) is 25.9 Å². The molecule has 3 nitrogen and oxygen atoms in total. The van der Waals surface area contributed by atoms with Crippen LogP contribution < -0.4 is 5.32 Å². The van der Waals surface area contributed by atoms with Crippen molar-refractivity contribution in [3.8, 4) is 0 Å². The highest BCUT2D eigenvalue weighted by atomic mass is 16.3. The summed E-state index contributed by atoms with van der Waals surface area (Å²) in [6.45, 7) is 8.53. The molecule has 0 heterocycles. The van der Waals surface area contributed by atoms with Crippen molar-refractivity contribution in [1.82, 2.24) is 5.32 Å². The standard InChI is InChI=1S/C11H25NO2/c1-4-11(3,9-14)8-12-7-10(2)5-6-13/h10,12-14H,4-9H2,1-3H3. The van der Waals surface area contributed by atoms with Crippen molar-refractivity contribution in [1.29, 1.82) is 0 Å². The number of aliphatic hydroxyl groups is 2. The van der Waals surface area contributed by atoms with Gasteiger partial charge < -0.3 is 15.5 Å². The van der Waals surface area contributed by atoms with Gasteiger partial charge >= 0.3 is 0 Å². The highest BCUT2D eigenvalue weighted by molar-refractivity contribution is 4.74. The number of hydrogen-bond acceptors (Lipinski definition) is 3. The molecular weight excluding hydrogens is 178 g/mol. The van der Waals surface area contributed by atoms with Gasteiger partial charge in [0, 0.05) is 25.2 Å². The maximum absolute atomic E-state index is 9.17. The molecule has 0 radical (unpaired) electrons. The number of hydrogen-bond donors (Lipinski definition) is 3. The van der Waals surface area contributed by atoms with E-state index in [2.05, 4.69) is 26.1 Å². The first-order valence-corrected chi connectivity index (χ1v) is 5.50. The van der Waals surface area contributed by atoms with Crippen LogP contribution in [0.15, 0.2) is 0 Å². The minimum absolute atomic E-state index is 0.00106. The molecule has 14 heavy (non-hydrogen) atoms. The van der Waals surface area contributed by atoms with E-state index in [-0.39, 0.29) is 18.6 Å². The lowest BCUT2D eigenvalue weighted by Gasteiger charge is -2.26. The monoisotopic (exact) mass is 203 g/mol. The zero-order valence-electron chi connectivity index (χ0n) is 9.71. The minimum atomic E-state index is -0.00106. The van der Waals surface area contributed by atoms with Crippen LogP contribution in [0.25, 0.3) is 0 Å². The topological polar surface area (TPSA) is 52.5 Å². The van der Waals surface area contributed by atoms with E-state index in [1.54, 1.807) is 0 Å². The first-order valence-electron chi connectivity index (χ1n) is 5.50. The summed E-state index contributed by atoms with van der Waals surface area (Å²) in [5.41, 5.74) is -0.00106. The molecule has 3 heteroatoms. The molecule has 2 unspecified atom stereocenters. The summed E-state index contributed by atoms with van der Waals surface area (Å²) >= 11 is 0. The minimum Gasteiger partial charge on any atom is -0.396 e. The van der Waals surface area contributed by atoms with Crippen LogP contribution in [0.5, 0.6) is 0 Å². The second-order valence-corrected chi connectivity index (χ2v) is 4.57. The van der Waals surface area contributed by atoms with Gasteiger partial charge in [-0.05, 0) is 25.3 Å². The van der Waals surface area contributed by atoms with Crippen molar-refractivity contribution >= 4 is 0 Å². The van der Waals surface area contributed by atoms with E-state index in [4.69, 9.17) is 5.11 Å². The maximum atomic E-state index is 9.17. The number of nitrogens with one attached hydrogen (secondary N) is 1. The van der Waals surface area contributed by atoms with Crippen LogP contribution in [0.2, 0.25) is 0 Å². The van der Waals surface area contributed by atoms with E-state index in [1.807, 2.05) is 0 Å². The quantitative estimate of drug-likeness (QED) is 0.552. The van der Waals surface area contributed by atoms with Gasteiger partial charge in [-0.1, -0.05) is 20.8 Å². The van der Waals surface area contributed by atoms with Crippen LogP contribution in [-0.2, 0) is 0 Å². The summed E-state index contributed by atoms with van der Waals surface area (Å²) in [5, 5.41) is 21.2. The lowest BCUT2D eigenvalue weighted by Crippen LogP contribution is -2.36. The van der Waals surface area contributed by atoms with Crippen LogP contribution in [0.4, 0.5) is 0 Å². The summed E-state index contributed by atoms with van der Waals surface area (Å²) in [6.07, 6.45) is 1.82. The highest BCUT2D eigenvalue weighted by Gasteiger charge is 2.20. The average molecular weight is 203 g/mol. The van der Waals surface area contributed by atoms with Crippen molar-refractivity contribution < 1.29 is 10.2 Å². The van der Waals surface area contributed by atoms with Crippen molar-refractivity contribution in [3.05, 3.63) is 0 Å². The Kier molecular flexibility index (Phi) is 7.15. The average Bonchev–Trinajstić information content (AvgIpc) is 2.18. The molecule has 0 aliphatic rings. The van der Waals surface area contributed by atoms with Gasteiger partial charge in [0.15, 0.2) is 0 Å². The molecule has 0 fully saturated rings. The Labute approximate surface area is 87.5 Å². The van der Waals surface area contributed by atoms with Crippen molar-refractivity contribution in [2.75, 3.05) is 26.3 Å². The molecule has 0 aliphatic carbocycles. The molecule has 0 amide bonds. The molecule has 0 rings (SSSR count). The third-order valence-corrected chi connectivity index (χ3v) is 2.90. The fraction of sp³-hybridized carbons (Fsp3) is 1.00. The van der Waals surface area contributed by atoms with Crippen LogP contribution in [0.3, 0.4) is 0 Å². The van der Waals surface area contributed by atoms with Gasteiger partial charge in [-0.25, -0.2) is 0 Å². The van der Waals surface area contributed by atoms with E-state index < -0.39 is 0 Å². The van der Waals surface area contributed by atoms with Gasteiger partial charge in [0.05, 0.1) is 0 Å². The van der Waals surface area contributed by atoms with Gasteiger partial charge in [-0.3, -0.25) is 0 Å². The number of rotatable bonds is 8. The molecule has 86 valence electrons. The molecule has 0 aromatic heterocycles. The molecule has 0 aromatic rings. The van der Waals surface area contributed by atoms with Gasteiger partial charge in [0.25, 0.3) is 0 Å². The fourth-order valence-electron chi connectivity index (χ4n) is 1.24. The van der Waals surface area contributed by atoms with Crippen LogP contribution in [0.1, 0.15) is 33.6 Å². The third kappa shape index (κ3) is 5.58. The Bertz CT molecular complexity index is 135. The Morgan fingerprint density at radius 3 is 2.43 bits per heavy atom. The second-order valence-electron chi connectivity index (χ2n) is 4.57. The summed E-state index contributed by atoms with van der Waals surface area (Å²) < 4.78 is 0. The first-order chi connectivity index (χ1) is 6.58. The van der Waals surface area contributed by atoms with E-state index in [0.29, 0.717) is 5.92 Å². The van der Waals surface area contributed by atoms with Crippen molar-refractivity contribution in [3.63, 3.8) is 0 Å². The molecular formula is C11H25NO2. The van der Waals surface area contributed by atoms with E-state index in [9.17, 15) is 5.11 Å². The van der Waals surface area contributed by atoms with Gasteiger partial charge in [-0.15, -0.1) is 0 Å². The lowest BCUT2D eigenvalue weighted by molar-refractivity contribution is 0.133. The SMILES string of the molecule is CCC(C)(CO)CNCC(C)CCO. The predicted molar refractivity (Wildman–Crippen MR) is 59.2 cm³/mol. The smallest absolute Gasteiger partial charge is 0.0496 e. The fourth-order valence-corrected chi connectivity index (χ4v) is 1.24. The molecule has 2 atom stereocenters. The normalized spacial score (nSPS) is 17.8. The predicted octanol–water partition coefficient (Wildman–Crippen LogP) is 1.00. The zero-order valence-corrected chi connectivity index (χ0v) is 9.71. The van der Waals surface area contributed by atoms with E-state index >= 15 is 0 Å². The molecule has 0 spiro atoms. The maximum Gasteiger partial charge on any atom is 0.0496 e. The summed E-state index contributed by atoms with van der Waals surface area (Å²) in [7, 11) is 0. The zero-order chi connectivity index (χ0) is 11.0. The Hall–Kier alpha value is -0.120. The lowest BCUT2D eigenvalue weighted by atomic mass is 9.88. The molecule has 0 aliphatic heterocycles. The largest absolute Gasteiger partial charge is 0.396 e. The number of aliphatic hydroxyl groups excluding tert-OH is 2. The highest BCUT2D eigenvalue weighted by Crippen LogP contribution is 2.18. The van der Waals surface area contributed by atoms with Gasteiger partial charge in [0.1, 0.15) is 0 Å². The summed E-state index contributed by atoms with van der Waals surface area (Å²) in [5.74, 6) is 0.500. The van der Waals surface area contributed by atoms with Gasteiger partial charge in [-0.2, -0.15) is 0 Å². The third-order valence-electron chi connectivity index (χ3n) is 2.90. The Balaban J connectivity index is 3.61. The molecule has 0 saturated carbocycles. The van der Waals surface area contributed by atoms with Crippen LogP contribution >= 0.6 is 0 Å². The molecule has 0 saturated heterocycles. The van der Waals surface area contributed by atoms with Crippen molar-refractivity contribution in [2.45, 2.75) is 33.6 Å². The van der Waals surface area contributed by atoms with E-state index in [1.165, 1.54) is 0 Å². The molecule has 3 N–H and O–H groups in total. The summed E-state index contributed by atoms with van der Waals surface area (Å²) in [4.78, 5) is 0. The Morgan fingerprint density at radius 2 is 2.00 bits per heavy atom. The second kappa shape index (κ2) is 7.21. The summed E-state index contributed by atoms with van der Waals surface area (Å²) in [6, 6.07) is 0. The van der Waals surface area contributed by atoms with Crippen LogP contribution in [0, 0.1) is 11.3 Å². The first kappa shape index (κ1) is 13.9.